The smallest absolute Gasteiger partial charge is 0.262 e. The topological polar surface area (TPSA) is 99.0 Å². The fourth-order valence-electron chi connectivity index (χ4n) is 2.50. The van der Waals surface area contributed by atoms with Crippen molar-refractivity contribution in [2.75, 3.05) is 4.72 Å². The first-order chi connectivity index (χ1) is 14.4. The van der Waals surface area contributed by atoms with Crippen LogP contribution in [-0.2, 0) is 10.0 Å². The zero-order chi connectivity index (χ0) is 21.1. The number of nitrogens with one attached hydrogen (secondary N) is 1. The number of hydrogen-bond donors (Lipinski definition) is 1. The van der Waals surface area contributed by atoms with Crippen LogP contribution in [0.25, 0.3) is 5.82 Å². The lowest BCUT2D eigenvalue weighted by molar-refractivity contribution is 0.454. The first-order valence-electron chi connectivity index (χ1n) is 8.50. The Labute approximate surface area is 169 Å². The minimum Gasteiger partial charge on any atom is -0.438 e. The summed E-state index contributed by atoms with van der Waals surface area (Å²) < 4.78 is 60.6. The molecule has 152 valence electrons. The molecule has 8 nitrogen and oxygen atoms in total. The minimum absolute atomic E-state index is 0.187. The van der Waals surface area contributed by atoms with Crippen LogP contribution in [0.3, 0.4) is 0 Å². The van der Waals surface area contributed by atoms with Gasteiger partial charge in [-0.25, -0.2) is 21.9 Å². The van der Waals surface area contributed by atoms with E-state index in [1.165, 1.54) is 24.3 Å². The Kier molecular flexibility index (Phi) is 5.11. The third kappa shape index (κ3) is 4.41. The molecular weight excluding hydrogens is 416 g/mol. The summed E-state index contributed by atoms with van der Waals surface area (Å²) in [5.74, 6) is -0.839. The molecule has 0 spiro atoms. The molecular formula is C19H13F2N5O3S. The Morgan fingerprint density at radius 3 is 2.27 bits per heavy atom. The summed E-state index contributed by atoms with van der Waals surface area (Å²) in [5, 5.41) is 12.0. The Morgan fingerprint density at radius 2 is 1.67 bits per heavy atom. The molecule has 30 heavy (non-hydrogen) atoms. The summed E-state index contributed by atoms with van der Waals surface area (Å²) in [6.07, 6.45) is 3.34. The highest BCUT2D eigenvalue weighted by atomic mass is 32.2. The number of anilines is 1. The van der Waals surface area contributed by atoms with E-state index in [4.69, 9.17) is 4.74 Å². The van der Waals surface area contributed by atoms with Crippen LogP contribution in [0.15, 0.2) is 78.0 Å². The molecule has 0 aliphatic carbocycles. The Bertz CT molecular complexity index is 1240. The van der Waals surface area contributed by atoms with Crippen LogP contribution in [0.2, 0.25) is 0 Å². The molecule has 0 radical (unpaired) electrons. The van der Waals surface area contributed by atoms with Crippen LogP contribution in [0, 0.1) is 11.6 Å². The van der Waals surface area contributed by atoms with Gasteiger partial charge in [0.1, 0.15) is 17.4 Å². The summed E-state index contributed by atoms with van der Waals surface area (Å²) >= 11 is 0. The molecule has 2 aromatic carbocycles. The summed E-state index contributed by atoms with van der Waals surface area (Å²) in [6, 6.07) is 13.0. The van der Waals surface area contributed by atoms with Gasteiger partial charge in [-0.2, -0.15) is 5.10 Å². The van der Waals surface area contributed by atoms with Gasteiger partial charge in [0.2, 0.25) is 5.88 Å². The molecule has 0 atom stereocenters. The van der Waals surface area contributed by atoms with E-state index in [0.717, 1.165) is 12.1 Å². The second-order valence-electron chi connectivity index (χ2n) is 6.02. The fourth-order valence-corrected chi connectivity index (χ4v) is 3.60. The molecule has 2 heterocycles. The first kappa shape index (κ1) is 19.5. The lowest BCUT2D eigenvalue weighted by Crippen LogP contribution is -2.13. The summed E-state index contributed by atoms with van der Waals surface area (Å²) in [4.78, 5) is -0.520. The molecule has 0 saturated carbocycles. The number of rotatable bonds is 6. The highest BCUT2D eigenvalue weighted by molar-refractivity contribution is 7.92. The highest BCUT2D eigenvalue weighted by Gasteiger charge is 2.17. The maximum atomic E-state index is 13.3. The number of nitrogens with zero attached hydrogens (tertiary/aromatic N) is 4. The quantitative estimate of drug-likeness (QED) is 0.503. The molecule has 2 aromatic heterocycles. The van der Waals surface area contributed by atoms with Crippen molar-refractivity contribution in [2.45, 2.75) is 4.90 Å². The standard InChI is InChI=1S/C19H13F2N5O3S/c20-13-10-14(21)12-17(11-13)30(27,28)25-15-2-4-16(5-3-15)29-19-7-6-18(23-24-19)26-9-1-8-22-26/h1-12,25H. The molecule has 0 unspecified atom stereocenters. The number of aromatic nitrogens is 4. The number of hydrogen-bond acceptors (Lipinski definition) is 6. The molecule has 0 amide bonds. The number of ether oxygens (including phenoxy) is 1. The molecule has 4 aromatic rings. The maximum absolute atomic E-state index is 13.3. The van der Waals surface area contributed by atoms with Gasteiger partial charge in [0.15, 0.2) is 5.82 Å². The van der Waals surface area contributed by atoms with Crippen LogP contribution in [0.5, 0.6) is 11.6 Å². The molecule has 11 heteroatoms. The van der Waals surface area contributed by atoms with Gasteiger partial charge in [0.05, 0.1) is 4.90 Å². The average molecular weight is 429 g/mol. The van der Waals surface area contributed by atoms with Crippen molar-refractivity contribution < 1.29 is 21.9 Å². The van der Waals surface area contributed by atoms with Crippen molar-refractivity contribution in [1.29, 1.82) is 0 Å². The number of sulfonamides is 1. The van der Waals surface area contributed by atoms with Gasteiger partial charge in [-0.1, -0.05) is 0 Å². The van der Waals surface area contributed by atoms with Crippen molar-refractivity contribution in [2.24, 2.45) is 0 Å². The normalized spacial score (nSPS) is 11.3. The fraction of sp³-hybridized carbons (Fsp3) is 0. The van der Waals surface area contributed by atoms with Gasteiger partial charge >= 0.3 is 0 Å². The molecule has 0 fully saturated rings. The van der Waals surface area contributed by atoms with Crippen molar-refractivity contribution in [3.8, 4) is 17.4 Å². The summed E-state index contributed by atoms with van der Waals surface area (Å²) in [7, 11) is -4.16. The number of benzene rings is 2. The third-order valence-corrected chi connectivity index (χ3v) is 5.20. The van der Waals surface area contributed by atoms with Gasteiger partial charge in [0.25, 0.3) is 10.0 Å². The van der Waals surface area contributed by atoms with Crippen LogP contribution < -0.4 is 9.46 Å². The van der Waals surface area contributed by atoms with Crippen molar-refractivity contribution in [3.05, 3.63) is 84.7 Å². The summed E-state index contributed by atoms with van der Waals surface area (Å²) in [6.45, 7) is 0. The molecule has 0 aliphatic heterocycles. The third-order valence-electron chi connectivity index (χ3n) is 3.84. The first-order valence-corrected chi connectivity index (χ1v) is 9.98. The van der Waals surface area contributed by atoms with E-state index in [2.05, 4.69) is 20.0 Å². The van der Waals surface area contributed by atoms with E-state index in [0.29, 0.717) is 17.6 Å². The summed E-state index contributed by atoms with van der Waals surface area (Å²) in [5.41, 5.74) is 0.187. The van der Waals surface area contributed by atoms with Gasteiger partial charge in [0, 0.05) is 30.2 Å². The van der Waals surface area contributed by atoms with Gasteiger partial charge in [-0.3, -0.25) is 4.72 Å². The second kappa shape index (κ2) is 7.87. The van der Waals surface area contributed by atoms with E-state index in [1.807, 2.05) is 0 Å². The monoisotopic (exact) mass is 429 g/mol. The Balaban J connectivity index is 1.45. The van der Waals surface area contributed by atoms with Crippen LogP contribution in [0.1, 0.15) is 0 Å². The molecule has 4 rings (SSSR count). The van der Waals surface area contributed by atoms with E-state index >= 15 is 0 Å². The molecule has 1 N–H and O–H groups in total. The predicted octanol–water partition coefficient (Wildman–Crippen LogP) is 3.53. The minimum atomic E-state index is -4.16. The van der Waals surface area contributed by atoms with Crippen LogP contribution in [0.4, 0.5) is 14.5 Å². The lowest BCUT2D eigenvalue weighted by Gasteiger charge is -2.10. The Morgan fingerprint density at radius 1 is 0.933 bits per heavy atom. The van der Waals surface area contributed by atoms with Crippen molar-refractivity contribution in [1.82, 2.24) is 20.0 Å². The largest absolute Gasteiger partial charge is 0.438 e. The van der Waals surface area contributed by atoms with Crippen LogP contribution >= 0.6 is 0 Å². The zero-order valence-corrected chi connectivity index (χ0v) is 15.9. The van der Waals surface area contributed by atoms with Crippen LogP contribution in [-0.4, -0.2) is 28.4 Å². The van der Waals surface area contributed by atoms with Crippen molar-refractivity contribution in [3.63, 3.8) is 0 Å². The SMILES string of the molecule is O=S(=O)(Nc1ccc(Oc2ccc(-n3cccn3)nn2)cc1)c1cc(F)cc(F)c1. The van der Waals surface area contributed by atoms with Crippen molar-refractivity contribution >= 4 is 15.7 Å². The van der Waals surface area contributed by atoms with E-state index in [9.17, 15) is 17.2 Å². The van der Waals surface area contributed by atoms with E-state index in [-0.39, 0.29) is 11.6 Å². The molecule has 0 aliphatic rings. The van der Waals surface area contributed by atoms with Gasteiger partial charge < -0.3 is 4.74 Å². The number of halogens is 2. The zero-order valence-electron chi connectivity index (χ0n) is 15.1. The predicted molar refractivity (Wildman–Crippen MR) is 103 cm³/mol. The van der Waals surface area contributed by atoms with E-state index in [1.54, 1.807) is 35.3 Å². The lowest BCUT2D eigenvalue weighted by atomic mass is 10.3. The highest BCUT2D eigenvalue weighted by Crippen LogP contribution is 2.23. The second-order valence-corrected chi connectivity index (χ2v) is 7.70. The molecule has 0 bridgehead atoms. The maximum Gasteiger partial charge on any atom is 0.262 e. The molecule has 0 saturated heterocycles. The van der Waals surface area contributed by atoms with Gasteiger partial charge in [-0.05, 0) is 48.5 Å². The average Bonchev–Trinajstić information content (AvgIpc) is 3.24. The van der Waals surface area contributed by atoms with E-state index < -0.39 is 26.6 Å². The Hall–Kier alpha value is -3.86. The van der Waals surface area contributed by atoms with Gasteiger partial charge in [-0.15, -0.1) is 10.2 Å².